The van der Waals surface area contributed by atoms with E-state index in [0.29, 0.717) is 18.0 Å². The molecule has 4 rings (SSSR count). The summed E-state index contributed by atoms with van der Waals surface area (Å²) < 4.78 is 0. The zero-order valence-corrected chi connectivity index (χ0v) is 15.9. The molecule has 1 saturated carbocycles. The Balaban J connectivity index is 1.47. The van der Waals surface area contributed by atoms with Crippen LogP contribution in [0.1, 0.15) is 61.3 Å². The summed E-state index contributed by atoms with van der Waals surface area (Å²) in [7, 11) is 0. The van der Waals surface area contributed by atoms with Crippen LogP contribution < -0.4 is 5.32 Å². The standard InChI is InChI=1S/C25H26N2/c1-18(24-11-5-7-21-6-2-3-10-25(21)24)27-23-9-4-8-22(16-23)20-14-12-19(17-26)13-15-20/h2-3,5-7,10-15,18,22-23,27H,4,8-9,16H2,1H3. The molecule has 0 aromatic heterocycles. The van der Waals surface area contributed by atoms with Crippen LogP contribution in [0.25, 0.3) is 10.8 Å². The third-order valence-corrected chi connectivity index (χ3v) is 5.96. The van der Waals surface area contributed by atoms with E-state index in [1.165, 1.54) is 47.6 Å². The molecule has 3 aromatic carbocycles. The maximum Gasteiger partial charge on any atom is 0.0991 e. The zero-order chi connectivity index (χ0) is 18.6. The van der Waals surface area contributed by atoms with Crippen molar-refractivity contribution in [2.75, 3.05) is 0 Å². The van der Waals surface area contributed by atoms with Crippen molar-refractivity contribution >= 4 is 10.8 Å². The van der Waals surface area contributed by atoms with Crippen LogP contribution in [0.5, 0.6) is 0 Å². The van der Waals surface area contributed by atoms with Gasteiger partial charge in [-0.15, -0.1) is 0 Å². The second-order valence-electron chi connectivity index (χ2n) is 7.75. The summed E-state index contributed by atoms with van der Waals surface area (Å²) in [4.78, 5) is 0. The van der Waals surface area contributed by atoms with E-state index >= 15 is 0 Å². The maximum atomic E-state index is 9.00. The van der Waals surface area contributed by atoms with Crippen LogP contribution in [0.15, 0.2) is 66.7 Å². The first-order valence-electron chi connectivity index (χ1n) is 9.98. The molecule has 2 nitrogen and oxygen atoms in total. The highest BCUT2D eigenvalue weighted by Crippen LogP contribution is 2.34. The van der Waals surface area contributed by atoms with Gasteiger partial charge in [0.05, 0.1) is 11.6 Å². The van der Waals surface area contributed by atoms with Gasteiger partial charge in [-0.2, -0.15) is 5.26 Å². The van der Waals surface area contributed by atoms with E-state index in [2.05, 4.69) is 72.9 Å². The van der Waals surface area contributed by atoms with E-state index in [-0.39, 0.29) is 0 Å². The van der Waals surface area contributed by atoms with Gasteiger partial charge in [-0.3, -0.25) is 0 Å². The molecule has 2 heteroatoms. The predicted molar refractivity (Wildman–Crippen MR) is 112 cm³/mol. The third-order valence-electron chi connectivity index (χ3n) is 5.96. The molecule has 3 atom stereocenters. The summed E-state index contributed by atoms with van der Waals surface area (Å²) in [6, 6.07) is 26.5. The van der Waals surface area contributed by atoms with Crippen molar-refractivity contribution in [2.24, 2.45) is 0 Å². The van der Waals surface area contributed by atoms with Crippen LogP contribution in [-0.2, 0) is 0 Å². The SMILES string of the molecule is CC(NC1CCCC(c2ccc(C#N)cc2)C1)c1cccc2ccccc12. The Morgan fingerprint density at radius 3 is 2.56 bits per heavy atom. The van der Waals surface area contributed by atoms with Gasteiger partial charge in [-0.1, -0.05) is 61.0 Å². The lowest BCUT2D eigenvalue weighted by Gasteiger charge is -2.32. The molecular formula is C25H26N2. The molecule has 27 heavy (non-hydrogen) atoms. The number of nitrogens with one attached hydrogen (secondary N) is 1. The number of nitrogens with zero attached hydrogens (tertiary/aromatic N) is 1. The van der Waals surface area contributed by atoms with E-state index in [1.807, 2.05) is 12.1 Å². The highest BCUT2D eigenvalue weighted by atomic mass is 14.9. The lowest BCUT2D eigenvalue weighted by molar-refractivity contribution is 0.319. The number of hydrogen-bond acceptors (Lipinski definition) is 2. The van der Waals surface area contributed by atoms with Crippen molar-refractivity contribution in [1.82, 2.24) is 5.32 Å². The quantitative estimate of drug-likeness (QED) is 0.615. The summed E-state index contributed by atoms with van der Waals surface area (Å²) in [6.45, 7) is 2.28. The smallest absolute Gasteiger partial charge is 0.0991 e. The van der Waals surface area contributed by atoms with Gasteiger partial charge in [0.1, 0.15) is 0 Å². The van der Waals surface area contributed by atoms with Gasteiger partial charge in [0.2, 0.25) is 0 Å². The van der Waals surface area contributed by atoms with E-state index in [4.69, 9.17) is 5.26 Å². The largest absolute Gasteiger partial charge is 0.307 e. The summed E-state index contributed by atoms with van der Waals surface area (Å²) in [5, 5.41) is 15.6. The van der Waals surface area contributed by atoms with Crippen LogP contribution in [0.3, 0.4) is 0 Å². The zero-order valence-electron chi connectivity index (χ0n) is 15.9. The molecule has 1 N–H and O–H groups in total. The number of fused-ring (bicyclic) bond motifs is 1. The first-order chi connectivity index (χ1) is 13.2. The molecule has 0 heterocycles. The summed E-state index contributed by atoms with van der Waals surface area (Å²) in [6.07, 6.45) is 4.90. The Bertz CT molecular complexity index is 947. The van der Waals surface area contributed by atoms with Gasteiger partial charge in [0, 0.05) is 12.1 Å². The van der Waals surface area contributed by atoms with Crippen LogP contribution in [0.2, 0.25) is 0 Å². The van der Waals surface area contributed by atoms with Crippen LogP contribution in [0.4, 0.5) is 0 Å². The fourth-order valence-corrected chi connectivity index (χ4v) is 4.55. The summed E-state index contributed by atoms with van der Waals surface area (Å²) >= 11 is 0. The van der Waals surface area contributed by atoms with Crippen molar-refractivity contribution in [2.45, 2.75) is 50.6 Å². The predicted octanol–water partition coefficient (Wildman–Crippen LogP) is 6.09. The third kappa shape index (κ3) is 3.89. The first-order valence-corrected chi connectivity index (χ1v) is 9.98. The highest BCUT2D eigenvalue weighted by Gasteiger charge is 2.24. The minimum Gasteiger partial charge on any atom is -0.307 e. The average Bonchev–Trinajstić information content (AvgIpc) is 2.73. The van der Waals surface area contributed by atoms with Gasteiger partial charge < -0.3 is 5.32 Å². The second kappa shape index (κ2) is 7.94. The molecule has 0 saturated heterocycles. The molecule has 136 valence electrons. The Morgan fingerprint density at radius 2 is 1.74 bits per heavy atom. The Labute approximate surface area is 161 Å². The molecular weight excluding hydrogens is 328 g/mol. The van der Waals surface area contributed by atoms with Crippen molar-refractivity contribution < 1.29 is 0 Å². The van der Waals surface area contributed by atoms with Crippen LogP contribution in [-0.4, -0.2) is 6.04 Å². The molecule has 1 aliphatic carbocycles. The molecule has 0 bridgehead atoms. The summed E-state index contributed by atoms with van der Waals surface area (Å²) in [5.74, 6) is 0.587. The van der Waals surface area contributed by atoms with Crippen LogP contribution in [0, 0.1) is 11.3 Å². The molecule has 3 aromatic rings. The van der Waals surface area contributed by atoms with Crippen molar-refractivity contribution in [3.63, 3.8) is 0 Å². The Hall–Kier alpha value is -2.63. The van der Waals surface area contributed by atoms with E-state index in [1.54, 1.807) is 0 Å². The molecule has 0 amide bonds. The first kappa shape index (κ1) is 17.8. The number of rotatable bonds is 4. The second-order valence-corrected chi connectivity index (χ2v) is 7.75. The number of nitriles is 1. The fraction of sp³-hybridized carbons (Fsp3) is 0.320. The lowest BCUT2D eigenvalue weighted by Crippen LogP contribution is -2.35. The Morgan fingerprint density at radius 1 is 0.963 bits per heavy atom. The molecule has 3 unspecified atom stereocenters. The van der Waals surface area contributed by atoms with Gasteiger partial charge >= 0.3 is 0 Å². The van der Waals surface area contributed by atoms with Crippen molar-refractivity contribution in [3.8, 4) is 6.07 Å². The molecule has 1 aliphatic rings. The van der Waals surface area contributed by atoms with Crippen molar-refractivity contribution in [1.29, 1.82) is 5.26 Å². The molecule has 0 aliphatic heterocycles. The molecule has 0 spiro atoms. The fourth-order valence-electron chi connectivity index (χ4n) is 4.55. The van der Waals surface area contributed by atoms with Gasteiger partial charge in [-0.05, 0) is 66.1 Å². The number of benzene rings is 3. The van der Waals surface area contributed by atoms with Gasteiger partial charge in [-0.25, -0.2) is 0 Å². The monoisotopic (exact) mass is 354 g/mol. The average molecular weight is 354 g/mol. The molecule has 1 fully saturated rings. The summed E-state index contributed by atoms with van der Waals surface area (Å²) in [5.41, 5.74) is 3.50. The van der Waals surface area contributed by atoms with E-state index < -0.39 is 0 Å². The minimum atomic E-state index is 0.334. The van der Waals surface area contributed by atoms with E-state index in [0.717, 1.165) is 5.56 Å². The van der Waals surface area contributed by atoms with Crippen LogP contribution >= 0.6 is 0 Å². The van der Waals surface area contributed by atoms with E-state index in [9.17, 15) is 0 Å². The minimum absolute atomic E-state index is 0.334. The topological polar surface area (TPSA) is 35.8 Å². The van der Waals surface area contributed by atoms with Gasteiger partial charge in [0.25, 0.3) is 0 Å². The maximum absolute atomic E-state index is 9.00. The highest BCUT2D eigenvalue weighted by molar-refractivity contribution is 5.86. The Kier molecular flexibility index (Phi) is 5.23. The molecule has 0 radical (unpaired) electrons. The lowest BCUT2D eigenvalue weighted by atomic mass is 9.81. The van der Waals surface area contributed by atoms with Gasteiger partial charge in [0.15, 0.2) is 0 Å². The van der Waals surface area contributed by atoms with Crippen molar-refractivity contribution in [3.05, 3.63) is 83.4 Å². The normalized spacial score (nSPS) is 20.9. The number of hydrogen-bond donors (Lipinski definition) is 1.